The van der Waals surface area contributed by atoms with E-state index in [1.807, 2.05) is 0 Å². The molecule has 0 radical (unpaired) electrons. The summed E-state index contributed by atoms with van der Waals surface area (Å²) in [6, 6.07) is 0. The molecule has 1 aliphatic rings. The van der Waals surface area contributed by atoms with Crippen molar-refractivity contribution >= 4 is 11.8 Å². The largest absolute Gasteiger partial charge is 0.354 e. The first-order valence-electron chi connectivity index (χ1n) is 7.25. The SMILES string of the molecule is CCC1CCC(Sc2nnnn2CC(OC)OC)CC1. The molecule has 0 spiro atoms. The molecule has 7 heteroatoms. The summed E-state index contributed by atoms with van der Waals surface area (Å²) in [6.07, 6.45) is 6.16. The average molecular weight is 300 g/mol. The summed E-state index contributed by atoms with van der Waals surface area (Å²) in [6.45, 7) is 2.81. The van der Waals surface area contributed by atoms with Crippen molar-refractivity contribution in [3.63, 3.8) is 0 Å². The van der Waals surface area contributed by atoms with Gasteiger partial charge in [0.15, 0.2) is 6.29 Å². The summed E-state index contributed by atoms with van der Waals surface area (Å²) in [5.41, 5.74) is 0. The van der Waals surface area contributed by atoms with E-state index in [0.29, 0.717) is 11.8 Å². The first-order chi connectivity index (χ1) is 9.76. The lowest BCUT2D eigenvalue weighted by atomic mass is 9.87. The van der Waals surface area contributed by atoms with E-state index in [2.05, 4.69) is 22.4 Å². The summed E-state index contributed by atoms with van der Waals surface area (Å²) in [5, 5.41) is 13.4. The third-order valence-corrected chi connectivity index (χ3v) is 5.30. The Hall–Kier alpha value is -0.660. The smallest absolute Gasteiger partial charge is 0.209 e. The first kappa shape index (κ1) is 15.7. The minimum atomic E-state index is -0.311. The van der Waals surface area contributed by atoms with Crippen molar-refractivity contribution < 1.29 is 9.47 Å². The highest BCUT2D eigenvalue weighted by Crippen LogP contribution is 2.35. The Labute approximate surface area is 124 Å². The van der Waals surface area contributed by atoms with E-state index in [9.17, 15) is 0 Å². The molecular weight excluding hydrogens is 276 g/mol. The standard InChI is InChI=1S/C13H24N4O2S/c1-4-10-5-7-11(8-6-10)20-13-14-15-16-17(13)9-12(18-2)19-3/h10-12H,4-9H2,1-3H3. The van der Waals surface area contributed by atoms with Crippen LogP contribution >= 0.6 is 11.8 Å². The molecule has 1 aromatic heterocycles. The number of thioether (sulfide) groups is 1. The zero-order chi connectivity index (χ0) is 14.4. The van der Waals surface area contributed by atoms with Gasteiger partial charge in [0.05, 0.1) is 6.54 Å². The second-order valence-corrected chi connectivity index (χ2v) is 6.48. The Morgan fingerprint density at radius 1 is 1.25 bits per heavy atom. The lowest BCUT2D eigenvalue weighted by Crippen LogP contribution is -2.22. The van der Waals surface area contributed by atoms with Crippen LogP contribution in [0.5, 0.6) is 0 Å². The number of aromatic nitrogens is 4. The van der Waals surface area contributed by atoms with Gasteiger partial charge in [0.1, 0.15) is 0 Å². The summed E-state index contributed by atoms with van der Waals surface area (Å²) < 4.78 is 12.2. The zero-order valence-corrected chi connectivity index (χ0v) is 13.3. The number of methoxy groups -OCH3 is 2. The normalized spacial score (nSPS) is 23.4. The molecule has 20 heavy (non-hydrogen) atoms. The number of nitrogens with zero attached hydrogens (tertiary/aromatic N) is 4. The van der Waals surface area contributed by atoms with Crippen LogP contribution in [0.15, 0.2) is 5.16 Å². The molecule has 0 N–H and O–H groups in total. The molecule has 0 unspecified atom stereocenters. The van der Waals surface area contributed by atoms with Crippen molar-refractivity contribution in [2.75, 3.05) is 14.2 Å². The molecule has 0 atom stereocenters. The van der Waals surface area contributed by atoms with Gasteiger partial charge in [-0.25, -0.2) is 4.68 Å². The Bertz CT molecular complexity index is 389. The molecule has 1 saturated carbocycles. The molecule has 1 aromatic rings. The van der Waals surface area contributed by atoms with E-state index >= 15 is 0 Å². The molecule has 2 rings (SSSR count). The lowest BCUT2D eigenvalue weighted by molar-refractivity contribution is -0.113. The van der Waals surface area contributed by atoms with Crippen LogP contribution in [0.1, 0.15) is 39.0 Å². The Morgan fingerprint density at radius 3 is 2.55 bits per heavy atom. The highest BCUT2D eigenvalue weighted by molar-refractivity contribution is 7.99. The topological polar surface area (TPSA) is 62.1 Å². The van der Waals surface area contributed by atoms with E-state index in [4.69, 9.17) is 9.47 Å². The van der Waals surface area contributed by atoms with Gasteiger partial charge in [0.25, 0.3) is 0 Å². The van der Waals surface area contributed by atoms with E-state index in [1.165, 1.54) is 32.1 Å². The van der Waals surface area contributed by atoms with Crippen LogP contribution in [-0.4, -0.2) is 46.0 Å². The fourth-order valence-electron chi connectivity index (χ4n) is 2.59. The summed E-state index contributed by atoms with van der Waals surface area (Å²) >= 11 is 1.79. The number of hydrogen-bond donors (Lipinski definition) is 0. The molecule has 114 valence electrons. The van der Waals surface area contributed by atoms with Crippen molar-refractivity contribution in [1.29, 1.82) is 0 Å². The number of tetrazole rings is 1. The Balaban J connectivity index is 1.89. The van der Waals surface area contributed by atoms with Crippen molar-refractivity contribution in [1.82, 2.24) is 20.2 Å². The van der Waals surface area contributed by atoms with E-state index in [0.717, 1.165) is 11.1 Å². The van der Waals surface area contributed by atoms with Gasteiger partial charge in [-0.05, 0) is 42.0 Å². The molecule has 0 amide bonds. The maximum absolute atomic E-state index is 5.20. The highest BCUT2D eigenvalue weighted by atomic mass is 32.2. The van der Waals surface area contributed by atoms with Gasteiger partial charge in [-0.3, -0.25) is 0 Å². The van der Waals surface area contributed by atoms with Gasteiger partial charge < -0.3 is 9.47 Å². The minimum Gasteiger partial charge on any atom is -0.354 e. The van der Waals surface area contributed by atoms with Crippen molar-refractivity contribution in [2.45, 2.75) is 62.3 Å². The number of ether oxygens (including phenoxy) is 2. The van der Waals surface area contributed by atoms with Crippen LogP contribution in [0, 0.1) is 5.92 Å². The molecule has 0 bridgehead atoms. The predicted molar refractivity (Wildman–Crippen MR) is 77.5 cm³/mol. The molecule has 6 nitrogen and oxygen atoms in total. The second kappa shape index (κ2) is 7.95. The molecule has 0 aliphatic heterocycles. The Kier molecular flexibility index (Phi) is 6.25. The first-order valence-corrected chi connectivity index (χ1v) is 8.13. The minimum absolute atomic E-state index is 0.311. The summed E-state index contributed by atoms with van der Waals surface area (Å²) in [4.78, 5) is 0. The van der Waals surface area contributed by atoms with Gasteiger partial charge in [-0.2, -0.15) is 0 Å². The molecule has 1 fully saturated rings. The predicted octanol–water partition coefficient (Wildman–Crippen LogP) is 2.35. The maximum atomic E-state index is 5.20. The Morgan fingerprint density at radius 2 is 1.95 bits per heavy atom. The lowest BCUT2D eigenvalue weighted by Gasteiger charge is -2.26. The molecule has 1 aliphatic carbocycles. The third-order valence-electron chi connectivity index (χ3n) is 3.99. The monoisotopic (exact) mass is 300 g/mol. The van der Waals surface area contributed by atoms with Crippen LogP contribution < -0.4 is 0 Å². The van der Waals surface area contributed by atoms with E-state index in [1.54, 1.807) is 30.7 Å². The van der Waals surface area contributed by atoms with Gasteiger partial charge in [0, 0.05) is 19.5 Å². The van der Waals surface area contributed by atoms with Crippen molar-refractivity contribution in [2.24, 2.45) is 5.92 Å². The zero-order valence-electron chi connectivity index (χ0n) is 12.5. The summed E-state index contributed by atoms with van der Waals surface area (Å²) in [7, 11) is 3.24. The van der Waals surface area contributed by atoms with Crippen LogP contribution in [0.25, 0.3) is 0 Å². The van der Waals surface area contributed by atoms with Crippen LogP contribution in [0.2, 0.25) is 0 Å². The van der Waals surface area contributed by atoms with Gasteiger partial charge in [0.2, 0.25) is 5.16 Å². The van der Waals surface area contributed by atoms with Crippen molar-refractivity contribution in [3.8, 4) is 0 Å². The maximum Gasteiger partial charge on any atom is 0.209 e. The molecule has 1 heterocycles. The van der Waals surface area contributed by atoms with Gasteiger partial charge >= 0.3 is 0 Å². The molecule has 0 aromatic carbocycles. The van der Waals surface area contributed by atoms with Gasteiger partial charge in [-0.15, -0.1) is 5.10 Å². The second-order valence-electron chi connectivity index (χ2n) is 5.21. The number of rotatable bonds is 7. The summed E-state index contributed by atoms with van der Waals surface area (Å²) in [5.74, 6) is 0.911. The fraction of sp³-hybridized carbons (Fsp3) is 0.923. The third kappa shape index (κ3) is 4.17. The van der Waals surface area contributed by atoms with Crippen LogP contribution in [-0.2, 0) is 16.0 Å². The van der Waals surface area contributed by atoms with Crippen molar-refractivity contribution in [3.05, 3.63) is 0 Å². The average Bonchev–Trinajstić information content (AvgIpc) is 2.92. The van der Waals surface area contributed by atoms with Gasteiger partial charge in [-0.1, -0.05) is 25.1 Å². The van der Waals surface area contributed by atoms with Crippen LogP contribution in [0.4, 0.5) is 0 Å². The van der Waals surface area contributed by atoms with E-state index in [-0.39, 0.29) is 6.29 Å². The molecule has 0 saturated heterocycles. The number of hydrogen-bond acceptors (Lipinski definition) is 6. The fourth-order valence-corrected chi connectivity index (χ4v) is 3.71. The highest BCUT2D eigenvalue weighted by Gasteiger charge is 2.23. The molecular formula is C13H24N4O2S. The van der Waals surface area contributed by atoms with Crippen LogP contribution in [0.3, 0.4) is 0 Å². The van der Waals surface area contributed by atoms with E-state index < -0.39 is 0 Å². The quantitative estimate of drug-likeness (QED) is 0.720.